The second kappa shape index (κ2) is 7.46. The van der Waals surface area contributed by atoms with E-state index in [4.69, 9.17) is 4.43 Å². The fraction of sp³-hybridized carbons (Fsp3) is 0.368. The lowest BCUT2D eigenvalue weighted by Gasteiger charge is -2.29. The lowest BCUT2D eigenvalue weighted by Crippen LogP contribution is -2.39. The maximum atomic E-state index is 6.47. The van der Waals surface area contributed by atoms with Crippen LogP contribution in [0.15, 0.2) is 54.6 Å². The topological polar surface area (TPSA) is 9.23 Å². The summed E-state index contributed by atoms with van der Waals surface area (Å²) in [6, 6.07) is 22.8. The first-order valence-corrected chi connectivity index (χ1v) is 10.6. The van der Waals surface area contributed by atoms with Gasteiger partial charge in [0.2, 0.25) is 8.32 Å². The van der Waals surface area contributed by atoms with Crippen LogP contribution >= 0.6 is 0 Å². The number of hydrogen-bond acceptors (Lipinski definition) is 1. The zero-order valence-electron chi connectivity index (χ0n) is 13.4. The summed E-state index contributed by atoms with van der Waals surface area (Å²) >= 11 is 0. The predicted octanol–water partition coefficient (Wildman–Crippen LogP) is 5.66. The van der Waals surface area contributed by atoms with Gasteiger partial charge in [-0.25, -0.2) is 0 Å². The van der Waals surface area contributed by atoms with Gasteiger partial charge in [-0.15, -0.1) is 0 Å². The Morgan fingerprint density at radius 1 is 0.762 bits per heavy atom. The van der Waals surface area contributed by atoms with E-state index in [0.717, 1.165) is 12.2 Å². The zero-order valence-corrected chi connectivity index (χ0v) is 14.4. The zero-order chi connectivity index (χ0) is 15.1. The molecule has 0 saturated heterocycles. The molecule has 0 radical (unpaired) electrons. The van der Waals surface area contributed by atoms with Crippen LogP contribution in [0.3, 0.4) is 0 Å². The summed E-state index contributed by atoms with van der Waals surface area (Å²) in [6.07, 6.45) is 0.969. The average Bonchev–Trinajstić information content (AvgIpc) is 2.54. The number of hydrogen-bond donors (Lipinski definition) is 0. The van der Waals surface area contributed by atoms with E-state index in [-0.39, 0.29) is 0 Å². The van der Waals surface area contributed by atoms with E-state index >= 15 is 0 Å². The molecule has 2 heteroatoms. The molecule has 0 amide bonds. The molecular weight excluding hydrogens is 272 g/mol. The molecule has 2 aromatic carbocycles. The van der Waals surface area contributed by atoms with Gasteiger partial charge >= 0.3 is 0 Å². The lowest BCUT2D eigenvalue weighted by molar-refractivity contribution is 0.531. The smallest absolute Gasteiger partial charge is 0.250 e. The standard InChI is InChI=1S/C19H26OSi/c1-4-21(5-2,6-3)20-19-14-10-13-18(16-19)15-17-11-8-7-9-12-17/h7-14,16H,4-6,15H2,1-3H3. The molecule has 0 aliphatic heterocycles. The number of benzene rings is 2. The van der Waals surface area contributed by atoms with Crippen molar-refractivity contribution in [1.29, 1.82) is 0 Å². The van der Waals surface area contributed by atoms with Gasteiger partial charge in [-0.05, 0) is 47.8 Å². The van der Waals surface area contributed by atoms with Gasteiger partial charge < -0.3 is 4.43 Å². The van der Waals surface area contributed by atoms with Crippen LogP contribution in [0.1, 0.15) is 31.9 Å². The first-order valence-electron chi connectivity index (χ1n) is 8.03. The SMILES string of the molecule is CC[Si](CC)(CC)Oc1cccc(Cc2ccccc2)c1. The van der Waals surface area contributed by atoms with E-state index in [0.29, 0.717) is 0 Å². The quantitative estimate of drug-likeness (QED) is 0.599. The molecule has 0 aliphatic carbocycles. The second-order valence-electron chi connectivity index (χ2n) is 5.66. The molecule has 0 fully saturated rings. The molecule has 0 spiro atoms. The summed E-state index contributed by atoms with van der Waals surface area (Å²) in [7, 11) is -1.57. The van der Waals surface area contributed by atoms with Crippen LogP contribution in [0.2, 0.25) is 18.1 Å². The summed E-state index contributed by atoms with van der Waals surface area (Å²) in [4.78, 5) is 0. The maximum Gasteiger partial charge on any atom is 0.250 e. The van der Waals surface area contributed by atoms with Gasteiger partial charge in [0, 0.05) is 0 Å². The highest BCUT2D eigenvalue weighted by Crippen LogP contribution is 2.26. The molecule has 0 heterocycles. The van der Waals surface area contributed by atoms with Crippen molar-refractivity contribution in [2.45, 2.75) is 45.3 Å². The molecule has 2 rings (SSSR count). The van der Waals surface area contributed by atoms with Crippen molar-refractivity contribution in [3.63, 3.8) is 0 Å². The third-order valence-corrected chi connectivity index (χ3v) is 8.95. The largest absolute Gasteiger partial charge is 0.543 e. The second-order valence-corrected chi connectivity index (χ2v) is 10.3. The van der Waals surface area contributed by atoms with Gasteiger partial charge in [0.15, 0.2) is 0 Å². The van der Waals surface area contributed by atoms with Crippen LogP contribution in [0.4, 0.5) is 0 Å². The predicted molar refractivity (Wildman–Crippen MR) is 93.5 cm³/mol. The van der Waals surface area contributed by atoms with Gasteiger partial charge in [0.1, 0.15) is 5.75 Å². The fourth-order valence-corrected chi connectivity index (χ4v) is 5.33. The van der Waals surface area contributed by atoms with Gasteiger partial charge in [-0.1, -0.05) is 63.2 Å². The van der Waals surface area contributed by atoms with Crippen LogP contribution < -0.4 is 4.43 Å². The van der Waals surface area contributed by atoms with Gasteiger partial charge in [0.25, 0.3) is 0 Å². The highest BCUT2D eigenvalue weighted by atomic mass is 28.4. The third kappa shape index (κ3) is 4.21. The Balaban J connectivity index is 2.14. The molecule has 0 bridgehead atoms. The van der Waals surface area contributed by atoms with Gasteiger partial charge in [-0.2, -0.15) is 0 Å². The van der Waals surface area contributed by atoms with Crippen molar-refractivity contribution in [3.05, 3.63) is 65.7 Å². The lowest BCUT2D eigenvalue weighted by atomic mass is 10.1. The van der Waals surface area contributed by atoms with Crippen molar-refractivity contribution in [3.8, 4) is 5.75 Å². The summed E-state index contributed by atoms with van der Waals surface area (Å²) in [5.41, 5.74) is 2.67. The van der Waals surface area contributed by atoms with Crippen molar-refractivity contribution >= 4 is 8.32 Å². The highest BCUT2D eigenvalue weighted by molar-refractivity contribution is 6.74. The summed E-state index contributed by atoms with van der Waals surface area (Å²) < 4.78 is 6.47. The molecule has 2 aromatic rings. The molecule has 0 N–H and O–H groups in total. The van der Waals surface area contributed by atoms with E-state index in [1.165, 1.54) is 29.3 Å². The van der Waals surface area contributed by atoms with Crippen molar-refractivity contribution in [2.75, 3.05) is 0 Å². The van der Waals surface area contributed by atoms with Gasteiger partial charge in [-0.3, -0.25) is 0 Å². The first kappa shape index (κ1) is 15.8. The third-order valence-electron chi connectivity index (χ3n) is 4.42. The number of rotatable bonds is 7. The molecule has 0 atom stereocenters. The Morgan fingerprint density at radius 2 is 1.38 bits per heavy atom. The molecular formula is C19H26OSi. The van der Waals surface area contributed by atoms with E-state index in [9.17, 15) is 0 Å². The fourth-order valence-electron chi connectivity index (χ4n) is 2.77. The molecule has 21 heavy (non-hydrogen) atoms. The first-order chi connectivity index (χ1) is 10.2. The van der Waals surface area contributed by atoms with Crippen molar-refractivity contribution < 1.29 is 4.43 Å². The van der Waals surface area contributed by atoms with E-state index in [2.05, 4.69) is 75.4 Å². The molecule has 0 unspecified atom stereocenters. The molecule has 0 aliphatic rings. The summed E-state index contributed by atoms with van der Waals surface area (Å²) in [5.74, 6) is 1.06. The van der Waals surface area contributed by atoms with E-state index in [1.807, 2.05) is 0 Å². The Labute approximate surface area is 130 Å². The van der Waals surface area contributed by atoms with Crippen LogP contribution in [0, 0.1) is 0 Å². The van der Waals surface area contributed by atoms with Crippen LogP contribution in [-0.2, 0) is 6.42 Å². The average molecular weight is 299 g/mol. The molecule has 0 aromatic heterocycles. The Hall–Kier alpha value is -1.54. The van der Waals surface area contributed by atoms with Crippen molar-refractivity contribution in [2.24, 2.45) is 0 Å². The monoisotopic (exact) mass is 298 g/mol. The minimum atomic E-state index is -1.57. The highest BCUT2D eigenvalue weighted by Gasteiger charge is 2.30. The normalized spacial score (nSPS) is 11.4. The van der Waals surface area contributed by atoms with Crippen LogP contribution in [0.5, 0.6) is 5.75 Å². The molecule has 0 saturated carbocycles. The van der Waals surface area contributed by atoms with Crippen LogP contribution in [0.25, 0.3) is 0 Å². The minimum absolute atomic E-state index is 0.969. The summed E-state index contributed by atoms with van der Waals surface area (Å²) in [5, 5.41) is 0. The van der Waals surface area contributed by atoms with E-state index < -0.39 is 8.32 Å². The van der Waals surface area contributed by atoms with E-state index in [1.54, 1.807) is 0 Å². The Kier molecular flexibility index (Phi) is 5.63. The van der Waals surface area contributed by atoms with Crippen molar-refractivity contribution in [1.82, 2.24) is 0 Å². The molecule has 112 valence electrons. The molecule has 1 nitrogen and oxygen atoms in total. The Morgan fingerprint density at radius 3 is 2.00 bits per heavy atom. The van der Waals surface area contributed by atoms with Gasteiger partial charge in [0.05, 0.1) is 0 Å². The summed E-state index contributed by atoms with van der Waals surface area (Å²) in [6.45, 7) is 6.81. The maximum absolute atomic E-state index is 6.47. The minimum Gasteiger partial charge on any atom is -0.543 e. The Bertz CT molecular complexity index is 538. The van der Waals surface area contributed by atoms with Crippen LogP contribution in [-0.4, -0.2) is 8.32 Å².